The molecule has 3 aromatic carbocycles. The van der Waals surface area contributed by atoms with Crippen molar-refractivity contribution in [1.82, 2.24) is 39.8 Å². The normalized spacial score (nSPS) is 17.0. The number of nitrogens with one attached hydrogen (secondary N) is 3. The average molecular weight is 841 g/mol. The minimum absolute atomic E-state index is 0.0249. The topological polar surface area (TPSA) is 209 Å². The molecular formula is C46H48N8O8. The highest BCUT2D eigenvalue weighted by Crippen LogP contribution is 2.44. The lowest BCUT2D eigenvalue weighted by atomic mass is 9.83. The molecule has 9 rings (SSSR count). The lowest BCUT2D eigenvalue weighted by Crippen LogP contribution is -2.47. The third-order valence-electron chi connectivity index (χ3n) is 12.3. The first kappa shape index (κ1) is 40.5. The minimum atomic E-state index is -1.67. The maximum atomic E-state index is 13.0. The Morgan fingerprint density at radius 2 is 1.85 bits per heavy atom. The van der Waals surface area contributed by atoms with Gasteiger partial charge in [-0.3, -0.25) is 0 Å². The number of ether oxygens (including phenoxy) is 2. The van der Waals surface area contributed by atoms with Crippen LogP contribution in [0.4, 0.5) is 4.79 Å². The predicted molar refractivity (Wildman–Crippen MR) is 232 cm³/mol. The van der Waals surface area contributed by atoms with E-state index in [0.717, 1.165) is 62.0 Å². The zero-order valence-corrected chi connectivity index (χ0v) is 35.1. The van der Waals surface area contributed by atoms with Crippen molar-refractivity contribution in [1.29, 1.82) is 0 Å². The van der Waals surface area contributed by atoms with Gasteiger partial charge in [0.15, 0.2) is 11.4 Å². The van der Waals surface area contributed by atoms with Gasteiger partial charge in [0.1, 0.15) is 23.9 Å². The van der Waals surface area contributed by atoms with E-state index in [1.165, 1.54) is 10.6 Å². The molecule has 0 saturated carbocycles. The van der Waals surface area contributed by atoms with E-state index >= 15 is 0 Å². The molecule has 0 spiro atoms. The van der Waals surface area contributed by atoms with Crippen LogP contribution in [0.2, 0.25) is 0 Å². The van der Waals surface area contributed by atoms with E-state index in [-0.39, 0.29) is 36.3 Å². The Hall–Kier alpha value is -6.91. The summed E-state index contributed by atoms with van der Waals surface area (Å²) >= 11 is 0. The summed E-state index contributed by atoms with van der Waals surface area (Å²) in [6.45, 7) is 10.3. The number of rotatable bonds is 11. The van der Waals surface area contributed by atoms with Gasteiger partial charge in [0.2, 0.25) is 0 Å². The number of esters is 1. The number of nitrogens with zero attached hydrogens (tertiary/aromatic N) is 5. The van der Waals surface area contributed by atoms with E-state index in [1.807, 2.05) is 63.4 Å². The van der Waals surface area contributed by atoms with Crippen molar-refractivity contribution in [3.8, 4) is 34.3 Å². The average Bonchev–Trinajstić information content (AvgIpc) is 3.91. The Kier molecular flexibility index (Phi) is 10.1. The molecule has 62 heavy (non-hydrogen) atoms. The van der Waals surface area contributed by atoms with Gasteiger partial charge in [0.25, 0.3) is 0 Å². The third-order valence-corrected chi connectivity index (χ3v) is 12.3. The zero-order chi connectivity index (χ0) is 43.6. The van der Waals surface area contributed by atoms with Crippen LogP contribution < -0.4 is 21.1 Å². The summed E-state index contributed by atoms with van der Waals surface area (Å²) in [5.74, 6) is -0.245. The number of benzene rings is 3. The number of aryl methyl sites for hydroxylation is 2. The fraction of sp³-hybridized carbons (Fsp3) is 0.326. The summed E-state index contributed by atoms with van der Waals surface area (Å²) in [6.07, 6.45) is 2.27. The summed E-state index contributed by atoms with van der Waals surface area (Å²) in [5.41, 5.74) is 7.44. The van der Waals surface area contributed by atoms with Gasteiger partial charge in [-0.25, -0.2) is 29.0 Å². The molecule has 16 nitrogen and oxygen atoms in total. The number of carbonyl (C=O) groups excluding carboxylic acids is 2. The predicted octanol–water partition coefficient (Wildman–Crippen LogP) is 5.41. The van der Waals surface area contributed by atoms with Crippen LogP contribution in [-0.2, 0) is 36.1 Å². The Bertz CT molecular complexity index is 2960. The van der Waals surface area contributed by atoms with E-state index in [9.17, 15) is 29.7 Å². The van der Waals surface area contributed by atoms with Crippen LogP contribution in [0.3, 0.4) is 0 Å². The number of pyridine rings is 1. The number of aromatic nitrogens is 5. The first-order valence-electron chi connectivity index (χ1n) is 20.8. The molecule has 3 aliphatic rings. The molecule has 0 radical (unpaired) electrons. The van der Waals surface area contributed by atoms with Gasteiger partial charge >= 0.3 is 17.8 Å². The van der Waals surface area contributed by atoms with E-state index in [2.05, 4.69) is 37.2 Å². The van der Waals surface area contributed by atoms with E-state index in [4.69, 9.17) is 14.5 Å². The number of amides is 1. The van der Waals surface area contributed by atoms with Crippen LogP contribution in [0.1, 0.15) is 68.1 Å². The molecule has 0 saturated heterocycles. The van der Waals surface area contributed by atoms with E-state index in [1.54, 1.807) is 19.1 Å². The Balaban J connectivity index is 0.840. The van der Waals surface area contributed by atoms with Gasteiger partial charge < -0.3 is 44.9 Å². The van der Waals surface area contributed by atoms with Gasteiger partial charge in [-0.15, -0.1) is 0 Å². The summed E-state index contributed by atoms with van der Waals surface area (Å²) in [5, 5.41) is 47.0. The molecule has 16 heteroatoms. The largest absolute Gasteiger partial charge is 0.508 e. The second-order valence-corrected chi connectivity index (χ2v) is 16.3. The summed E-state index contributed by atoms with van der Waals surface area (Å²) < 4.78 is 14.5. The van der Waals surface area contributed by atoms with E-state index < -0.39 is 23.4 Å². The van der Waals surface area contributed by atoms with Gasteiger partial charge in [0, 0.05) is 79.0 Å². The van der Waals surface area contributed by atoms with Crippen LogP contribution in [0.15, 0.2) is 76.6 Å². The number of phenolic OH excluding ortho intramolecular Hbond substituents is 2. The number of hydrogen-bond acceptors (Lipinski definition) is 12. The molecule has 6 aromatic rings. The molecule has 3 aliphatic heterocycles. The zero-order valence-electron chi connectivity index (χ0n) is 35.1. The maximum Gasteiger partial charge on any atom is 0.412 e. The van der Waals surface area contributed by atoms with Crippen molar-refractivity contribution in [2.45, 2.75) is 65.1 Å². The van der Waals surface area contributed by atoms with Crippen LogP contribution in [0.25, 0.3) is 44.6 Å². The summed E-state index contributed by atoms with van der Waals surface area (Å²) in [6, 6.07) is 16.0. The number of carbonyl (C=O) groups is 2. The Morgan fingerprint density at radius 3 is 2.63 bits per heavy atom. The van der Waals surface area contributed by atoms with Crippen molar-refractivity contribution in [2.24, 2.45) is 7.05 Å². The quantitative estimate of drug-likeness (QED) is 0.0716. The van der Waals surface area contributed by atoms with Crippen molar-refractivity contribution in [3.63, 3.8) is 0 Å². The number of aliphatic hydroxyl groups is 1. The molecule has 6 N–H and O–H groups in total. The Morgan fingerprint density at radius 1 is 1.03 bits per heavy atom. The molecule has 0 bridgehead atoms. The fourth-order valence-corrected chi connectivity index (χ4v) is 9.00. The molecule has 3 aromatic heterocycles. The fourth-order valence-electron chi connectivity index (χ4n) is 9.00. The van der Waals surface area contributed by atoms with Crippen LogP contribution in [0, 0.1) is 0 Å². The highest BCUT2D eigenvalue weighted by molar-refractivity contribution is 5.92. The highest BCUT2D eigenvalue weighted by Gasteiger charge is 2.47. The summed E-state index contributed by atoms with van der Waals surface area (Å²) in [4.78, 5) is 45.8. The third kappa shape index (κ3) is 6.75. The number of cyclic esters (lactones) is 1. The molecule has 1 unspecified atom stereocenters. The highest BCUT2D eigenvalue weighted by atomic mass is 16.6. The molecule has 6 heterocycles. The number of hydrogen-bond donors (Lipinski definition) is 6. The Labute approximate surface area is 356 Å². The molecule has 320 valence electrons. The van der Waals surface area contributed by atoms with Gasteiger partial charge in [-0.1, -0.05) is 27.7 Å². The SMILES string of the molecule is CCc1c2c(nc3ccc(OC(=O)NCCNCc4cc5cc(-n6c(-c7cc(C(C)C)c(O)cc7O)n[nH]c6=O)ccc5n4C)cc13)C1=CC3=C(COC(=O)C3(O)CC)CN1C2. The van der Waals surface area contributed by atoms with Crippen molar-refractivity contribution in [3.05, 3.63) is 110 Å². The van der Waals surface area contributed by atoms with Gasteiger partial charge in [0.05, 0.1) is 28.2 Å². The van der Waals surface area contributed by atoms with Crippen LogP contribution in [-0.4, -0.2) is 88.4 Å². The minimum Gasteiger partial charge on any atom is -0.508 e. The van der Waals surface area contributed by atoms with Gasteiger partial charge in [-0.2, -0.15) is 5.10 Å². The van der Waals surface area contributed by atoms with Crippen molar-refractivity contribution in [2.75, 3.05) is 26.2 Å². The number of phenols is 2. The lowest BCUT2D eigenvalue weighted by Gasteiger charge is -2.37. The number of H-pyrrole nitrogens is 1. The molecule has 0 aliphatic carbocycles. The number of aromatic hydroxyl groups is 2. The number of aromatic amines is 1. The maximum absolute atomic E-state index is 13.0. The van der Waals surface area contributed by atoms with Gasteiger partial charge in [-0.05, 0) is 90.1 Å². The molecule has 0 fully saturated rings. The van der Waals surface area contributed by atoms with Crippen LogP contribution in [0.5, 0.6) is 17.2 Å². The summed E-state index contributed by atoms with van der Waals surface area (Å²) in [7, 11) is 1.96. The van der Waals surface area contributed by atoms with E-state index in [0.29, 0.717) is 60.9 Å². The molecule has 1 atom stereocenters. The van der Waals surface area contributed by atoms with Crippen molar-refractivity contribution < 1.29 is 34.4 Å². The molecule has 1 amide bonds. The molecular weight excluding hydrogens is 793 g/mol. The number of fused-ring (bicyclic) bond motifs is 5. The monoisotopic (exact) mass is 840 g/mol. The first-order chi connectivity index (χ1) is 29.8. The second-order valence-electron chi connectivity index (χ2n) is 16.3. The second kappa shape index (κ2) is 15.5. The standard InChI is InChI=1S/C46H48N8O8/c1-6-30-32-16-29(9-10-36(32)49-41-34(30)22-53-21-26-23-61-43(57)46(60,7-2)35(26)18-38(41)53)62-45(59)48-13-12-47-20-28-15-25-14-27(8-11-37(25)52(28)5)54-42(50-51-44(54)58)33-17-31(24(3)4)39(55)19-40(33)56/h8-11,14-19,24,47,55-56,60H,6-7,12-13,20-23H2,1-5H3,(H,48,59)(H,51,58). The van der Waals surface area contributed by atoms with Crippen LogP contribution >= 0.6 is 0 Å². The first-order valence-corrected chi connectivity index (χ1v) is 20.8. The smallest absolute Gasteiger partial charge is 0.412 e. The van der Waals surface area contributed by atoms with Crippen molar-refractivity contribution >= 4 is 39.6 Å². The lowest BCUT2D eigenvalue weighted by molar-refractivity contribution is -0.163.